The van der Waals surface area contributed by atoms with Crippen LogP contribution in [-0.2, 0) is 16.4 Å². The quantitative estimate of drug-likeness (QED) is 0.811. The Balaban J connectivity index is 2.20. The minimum absolute atomic E-state index is 0.102. The van der Waals surface area contributed by atoms with Gasteiger partial charge in [-0.2, -0.15) is 0 Å². The van der Waals surface area contributed by atoms with Crippen molar-refractivity contribution in [2.24, 2.45) is 0 Å². The summed E-state index contributed by atoms with van der Waals surface area (Å²) in [4.78, 5) is 4.15. The highest BCUT2D eigenvalue weighted by Crippen LogP contribution is 2.22. The molecular weight excluding hydrogens is 358 g/mol. The van der Waals surface area contributed by atoms with Gasteiger partial charge in [0.25, 0.3) is 0 Å². The standard InChI is InChI=1S/C13H16BrN3O3S/c1-9(6-11-4-3-5-20-11)17-21(18,19)12-7-10(14)8-16-13(12)15-2/h3-5,7-9,17H,6H2,1-2H3,(H,15,16). The molecule has 2 rings (SSSR count). The summed E-state index contributed by atoms with van der Waals surface area (Å²) in [5.41, 5.74) is 0. The van der Waals surface area contributed by atoms with Crippen molar-refractivity contribution in [3.05, 3.63) is 40.9 Å². The summed E-state index contributed by atoms with van der Waals surface area (Å²) in [6.45, 7) is 1.78. The third-order valence-corrected chi connectivity index (χ3v) is 4.83. The monoisotopic (exact) mass is 373 g/mol. The van der Waals surface area contributed by atoms with E-state index >= 15 is 0 Å². The maximum Gasteiger partial charge on any atom is 0.244 e. The van der Waals surface area contributed by atoms with Gasteiger partial charge in [0.15, 0.2) is 0 Å². The highest BCUT2D eigenvalue weighted by Gasteiger charge is 2.22. The molecule has 0 aromatic carbocycles. The second-order valence-electron chi connectivity index (χ2n) is 4.56. The van der Waals surface area contributed by atoms with E-state index < -0.39 is 10.0 Å². The lowest BCUT2D eigenvalue weighted by Crippen LogP contribution is -2.34. The zero-order valence-corrected chi connectivity index (χ0v) is 14.0. The molecule has 0 bridgehead atoms. The van der Waals surface area contributed by atoms with E-state index in [1.807, 2.05) is 6.07 Å². The molecule has 114 valence electrons. The molecule has 0 saturated carbocycles. The van der Waals surface area contributed by atoms with Gasteiger partial charge in [-0.1, -0.05) is 0 Å². The van der Waals surface area contributed by atoms with Crippen molar-refractivity contribution in [2.45, 2.75) is 24.3 Å². The predicted octanol–water partition coefficient (Wildman–Crippen LogP) is 2.39. The van der Waals surface area contributed by atoms with E-state index in [2.05, 4.69) is 31.0 Å². The van der Waals surface area contributed by atoms with Gasteiger partial charge in [0, 0.05) is 30.2 Å². The predicted molar refractivity (Wildman–Crippen MR) is 83.7 cm³/mol. The molecule has 0 amide bonds. The fourth-order valence-electron chi connectivity index (χ4n) is 1.91. The summed E-state index contributed by atoms with van der Waals surface area (Å²) < 4.78 is 33.4. The lowest BCUT2D eigenvalue weighted by molar-refractivity contribution is 0.479. The van der Waals surface area contributed by atoms with E-state index in [0.717, 1.165) is 5.76 Å². The fraction of sp³-hybridized carbons (Fsp3) is 0.308. The fourth-order valence-corrected chi connectivity index (χ4v) is 3.83. The number of anilines is 1. The number of sulfonamides is 1. The average Bonchev–Trinajstić information content (AvgIpc) is 2.90. The lowest BCUT2D eigenvalue weighted by atomic mass is 10.2. The number of rotatable bonds is 6. The summed E-state index contributed by atoms with van der Waals surface area (Å²) in [5, 5.41) is 2.78. The highest BCUT2D eigenvalue weighted by molar-refractivity contribution is 9.10. The van der Waals surface area contributed by atoms with E-state index in [4.69, 9.17) is 4.42 Å². The van der Waals surface area contributed by atoms with Gasteiger partial charge >= 0.3 is 0 Å². The summed E-state index contributed by atoms with van der Waals surface area (Å²) in [6, 6.07) is 4.80. The number of nitrogens with one attached hydrogen (secondary N) is 2. The number of nitrogens with zero attached hydrogens (tertiary/aromatic N) is 1. The molecule has 8 heteroatoms. The number of halogens is 1. The van der Waals surface area contributed by atoms with Gasteiger partial charge in [0.2, 0.25) is 10.0 Å². The average molecular weight is 374 g/mol. The summed E-state index contributed by atoms with van der Waals surface area (Å²) in [6.07, 6.45) is 3.58. The van der Waals surface area contributed by atoms with Crippen molar-refractivity contribution in [1.29, 1.82) is 0 Å². The molecule has 0 spiro atoms. The molecule has 2 N–H and O–H groups in total. The topological polar surface area (TPSA) is 84.2 Å². The third-order valence-electron chi connectivity index (χ3n) is 2.79. The highest BCUT2D eigenvalue weighted by atomic mass is 79.9. The van der Waals surface area contributed by atoms with E-state index in [1.54, 1.807) is 26.3 Å². The maximum absolute atomic E-state index is 12.5. The summed E-state index contributed by atoms with van der Waals surface area (Å²) in [5.74, 6) is 1.03. The summed E-state index contributed by atoms with van der Waals surface area (Å²) in [7, 11) is -2.05. The molecule has 0 aliphatic heterocycles. The molecule has 0 aliphatic rings. The summed E-state index contributed by atoms with van der Waals surface area (Å²) >= 11 is 3.24. The number of hydrogen-bond donors (Lipinski definition) is 2. The Kier molecular flexibility index (Phi) is 5.02. The lowest BCUT2D eigenvalue weighted by Gasteiger charge is -2.15. The van der Waals surface area contributed by atoms with Crippen LogP contribution in [-0.4, -0.2) is 26.5 Å². The Morgan fingerprint density at radius 1 is 1.48 bits per heavy atom. The van der Waals surface area contributed by atoms with Gasteiger partial charge in [0.1, 0.15) is 16.5 Å². The first-order valence-corrected chi connectivity index (χ1v) is 8.58. The zero-order chi connectivity index (χ0) is 15.5. The van der Waals surface area contributed by atoms with Crippen molar-refractivity contribution in [2.75, 3.05) is 12.4 Å². The van der Waals surface area contributed by atoms with Crippen LogP contribution in [0.1, 0.15) is 12.7 Å². The smallest absolute Gasteiger partial charge is 0.244 e. The second-order valence-corrected chi connectivity index (χ2v) is 7.15. The van der Waals surface area contributed by atoms with Crippen LogP contribution >= 0.6 is 15.9 Å². The Morgan fingerprint density at radius 3 is 2.86 bits per heavy atom. The van der Waals surface area contributed by atoms with E-state index in [0.29, 0.717) is 16.7 Å². The molecule has 0 saturated heterocycles. The Bertz CT molecular complexity index is 701. The van der Waals surface area contributed by atoms with Crippen molar-refractivity contribution >= 4 is 31.8 Å². The molecular formula is C13H16BrN3O3S. The molecule has 2 aromatic rings. The van der Waals surface area contributed by atoms with E-state index in [1.165, 1.54) is 12.3 Å². The van der Waals surface area contributed by atoms with Gasteiger partial charge in [-0.05, 0) is 41.1 Å². The van der Waals surface area contributed by atoms with E-state index in [-0.39, 0.29) is 10.9 Å². The first-order valence-electron chi connectivity index (χ1n) is 6.30. The molecule has 1 atom stereocenters. The number of aromatic nitrogens is 1. The van der Waals surface area contributed by atoms with Crippen molar-refractivity contribution in [3.8, 4) is 0 Å². The van der Waals surface area contributed by atoms with Crippen LogP contribution in [0.5, 0.6) is 0 Å². The van der Waals surface area contributed by atoms with Gasteiger partial charge in [-0.15, -0.1) is 0 Å². The van der Waals surface area contributed by atoms with Crippen molar-refractivity contribution in [3.63, 3.8) is 0 Å². The van der Waals surface area contributed by atoms with Crippen LogP contribution in [0.25, 0.3) is 0 Å². The Labute approximate surface area is 132 Å². The van der Waals surface area contributed by atoms with Crippen LogP contribution in [0.3, 0.4) is 0 Å². The van der Waals surface area contributed by atoms with Crippen LogP contribution in [0.2, 0.25) is 0 Å². The van der Waals surface area contributed by atoms with Crippen LogP contribution in [0, 0.1) is 0 Å². The SMILES string of the molecule is CNc1ncc(Br)cc1S(=O)(=O)NC(C)Cc1ccco1. The van der Waals surface area contributed by atoms with Gasteiger partial charge in [-0.25, -0.2) is 18.1 Å². The normalized spacial score (nSPS) is 13.1. The molecule has 6 nitrogen and oxygen atoms in total. The van der Waals surface area contributed by atoms with Gasteiger partial charge < -0.3 is 9.73 Å². The Hall–Kier alpha value is -1.38. The molecule has 1 unspecified atom stereocenters. The minimum atomic E-state index is -3.67. The van der Waals surface area contributed by atoms with Gasteiger partial charge in [-0.3, -0.25) is 0 Å². The largest absolute Gasteiger partial charge is 0.469 e. The minimum Gasteiger partial charge on any atom is -0.469 e. The van der Waals surface area contributed by atoms with Crippen LogP contribution in [0.15, 0.2) is 44.4 Å². The molecule has 2 aromatic heterocycles. The number of pyridine rings is 1. The van der Waals surface area contributed by atoms with Crippen LogP contribution in [0.4, 0.5) is 5.82 Å². The number of furan rings is 1. The molecule has 21 heavy (non-hydrogen) atoms. The molecule has 0 radical (unpaired) electrons. The zero-order valence-electron chi connectivity index (χ0n) is 11.6. The number of hydrogen-bond acceptors (Lipinski definition) is 5. The van der Waals surface area contributed by atoms with E-state index in [9.17, 15) is 8.42 Å². The van der Waals surface area contributed by atoms with Crippen molar-refractivity contribution < 1.29 is 12.8 Å². The molecule has 2 heterocycles. The Morgan fingerprint density at radius 2 is 2.24 bits per heavy atom. The first-order chi connectivity index (χ1) is 9.92. The molecule has 0 aliphatic carbocycles. The third kappa shape index (κ3) is 4.05. The van der Waals surface area contributed by atoms with Crippen LogP contribution < -0.4 is 10.0 Å². The second kappa shape index (κ2) is 6.59. The molecule has 0 fully saturated rings. The maximum atomic E-state index is 12.5. The van der Waals surface area contributed by atoms with Crippen molar-refractivity contribution in [1.82, 2.24) is 9.71 Å². The first kappa shape index (κ1) is 16.0. The van der Waals surface area contributed by atoms with Gasteiger partial charge in [0.05, 0.1) is 6.26 Å².